The standard InChI is InChI=1S/C27H33N3O3/c1-29-16-22-4-2-3-5-25(22)21-8-6-18(7-9-21)10-19-11-20(15-28)13-23(12-19)33-24-14-26(27(31)32)30-17-24/h2-5,11-13,18,21,24,26,29-30H,6-10,14,16-17H2,1H3,(H,31,32)/t18?,21?,24-,26-/m0/s1. The summed E-state index contributed by atoms with van der Waals surface area (Å²) < 4.78 is 6.06. The highest BCUT2D eigenvalue weighted by molar-refractivity contribution is 5.73. The highest BCUT2D eigenvalue weighted by Gasteiger charge is 2.30. The van der Waals surface area contributed by atoms with Crippen LogP contribution in [0.15, 0.2) is 42.5 Å². The largest absolute Gasteiger partial charge is 0.489 e. The monoisotopic (exact) mass is 447 g/mol. The van der Waals surface area contributed by atoms with E-state index in [0.29, 0.717) is 36.1 Å². The summed E-state index contributed by atoms with van der Waals surface area (Å²) in [6.07, 6.45) is 5.92. The number of carbonyl (C=O) groups is 1. The number of nitrogens with one attached hydrogen (secondary N) is 2. The molecule has 174 valence electrons. The summed E-state index contributed by atoms with van der Waals surface area (Å²) in [6.45, 7) is 1.41. The minimum absolute atomic E-state index is 0.194. The second-order valence-corrected chi connectivity index (χ2v) is 9.40. The summed E-state index contributed by atoms with van der Waals surface area (Å²) in [5.74, 6) is 1.03. The molecule has 2 aromatic rings. The Kier molecular flexibility index (Phi) is 7.64. The smallest absolute Gasteiger partial charge is 0.320 e. The third-order valence-corrected chi connectivity index (χ3v) is 7.02. The Hall–Kier alpha value is -2.88. The number of ether oxygens (including phenoxy) is 1. The van der Waals surface area contributed by atoms with E-state index in [4.69, 9.17) is 4.74 Å². The number of nitriles is 1. The molecule has 1 heterocycles. The van der Waals surface area contributed by atoms with E-state index in [1.807, 2.05) is 19.2 Å². The van der Waals surface area contributed by atoms with Crippen LogP contribution in [0.25, 0.3) is 0 Å². The molecule has 2 aromatic carbocycles. The summed E-state index contributed by atoms with van der Waals surface area (Å²) in [4.78, 5) is 11.2. The summed E-state index contributed by atoms with van der Waals surface area (Å²) in [5.41, 5.74) is 4.61. The van der Waals surface area contributed by atoms with Gasteiger partial charge in [-0.2, -0.15) is 5.26 Å². The molecule has 0 amide bonds. The van der Waals surface area contributed by atoms with E-state index in [0.717, 1.165) is 18.5 Å². The van der Waals surface area contributed by atoms with Crippen molar-refractivity contribution in [1.82, 2.24) is 10.6 Å². The van der Waals surface area contributed by atoms with Gasteiger partial charge in [0, 0.05) is 19.5 Å². The van der Waals surface area contributed by atoms with E-state index in [2.05, 4.69) is 41.0 Å². The fourth-order valence-electron chi connectivity index (χ4n) is 5.38. The molecular formula is C27H33N3O3. The predicted octanol–water partition coefficient (Wildman–Crippen LogP) is 3.99. The zero-order valence-corrected chi connectivity index (χ0v) is 19.2. The number of nitrogens with zero attached hydrogens (tertiary/aromatic N) is 1. The molecule has 33 heavy (non-hydrogen) atoms. The number of carboxylic acids is 1. The number of aliphatic carboxylic acids is 1. The van der Waals surface area contributed by atoms with Gasteiger partial charge in [0.05, 0.1) is 11.6 Å². The maximum atomic E-state index is 11.2. The van der Waals surface area contributed by atoms with Gasteiger partial charge in [-0.1, -0.05) is 24.3 Å². The molecule has 0 unspecified atom stereocenters. The molecule has 2 aliphatic rings. The SMILES string of the molecule is CNCc1ccccc1C1CCC(Cc2cc(C#N)cc(O[C@@H]3CN[C@H](C(=O)O)C3)c2)CC1. The number of hydrogen-bond donors (Lipinski definition) is 3. The average Bonchev–Trinajstić information content (AvgIpc) is 3.29. The Bertz CT molecular complexity index is 1010. The van der Waals surface area contributed by atoms with Crippen LogP contribution in [0.5, 0.6) is 5.75 Å². The van der Waals surface area contributed by atoms with Crippen molar-refractivity contribution in [2.75, 3.05) is 13.6 Å². The first-order valence-corrected chi connectivity index (χ1v) is 11.9. The molecule has 1 saturated heterocycles. The molecule has 4 rings (SSSR count). The van der Waals surface area contributed by atoms with E-state index < -0.39 is 12.0 Å². The first-order chi connectivity index (χ1) is 16.1. The third-order valence-electron chi connectivity index (χ3n) is 7.02. The molecule has 1 aliphatic carbocycles. The predicted molar refractivity (Wildman–Crippen MR) is 127 cm³/mol. The maximum absolute atomic E-state index is 11.2. The Morgan fingerprint density at radius 2 is 2.00 bits per heavy atom. The van der Waals surface area contributed by atoms with Crippen molar-refractivity contribution < 1.29 is 14.6 Å². The van der Waals surface area contributed by atoms with Gasteiger partial charge in [0.1, 0.15) is 17.9 Å². The Morgan fingerprint density at radius 1 is 1.21 bits per heavy atom. The number of rotatable bonds is 8. The maximum Gasteiger partial charge on any atom is 0.320 e. The van der Waals surface area contributed by atoms with Gasteiger partial charge < -0.3 is 20.5 Å². The van der Waals surface area contributed by atoms with Crippen LogP contribution in [0.1, 0.15) is 60.3 Å². The van der Waals surface area contributed by atoms with Crippen molar-refractivity contribution in [3.63, 3.8) is 0 Å². The fraction of sp³-hybridized carbons (Fsp3) is 0.481. The topological polar surface area (TPSA) is 94.4 Å². The van der Waals surface area contributed by atoms with Crippen LogP contribution in [0.4, 0.5) is 0 Å². The molecule has 2 atom stereocenters. The van der Waals surface area contributed by atoms with Gasteiger partial charge in [-0.3, -0.25) is 4.79 Å². The molecule has 3 N–H and O–H groups in total. The molecule has 0 bridgehead atoms. The van der Waals surface area contributed by atoms with Crippen LogP contribution in [0, 0.1) is 17.2 Å². The molecule has 2 fully saturated rings. The second kappa shape index (κ2) is 10.8. The number of hydrogen-bond acceptors (Lipinski definition) is 5. The minimum Gasteiger partial charge on any atom is -0.489 e. The van der Waals surface area contributed by atoms with Gasteiger partial charge in [0.25, 0.3) is 0 Å². The van der Waals surface area contributed by atoms with Crippen LogP contribution in [0.2, 0.25) is 0 Å². The van der Waals surface area contributed by atoms with Crippen molar-refractivity contribution >= 4 is 5.97 Å². The van der Waals surface area contributed by atoms with Crippen molar-refractivity contribution in [2.45, 2.75) is 63.1 Å². The molecule has 0 spiro atoms. The average molecular weight is 448 g/mol. The van der Waals surface area contributed by atoms with Crippen LogP contribution in [0.3, 0.4) is 0 Å². The van der Waals surface area contributed by atoms with Crippen LogP contribution >= 0.6 is 0 Å². The molecular weight excluding hydrogens is 414 g/mol. The number of carboxylic acid groups (broad SMARTS) is 1. The lowest BCUT2D eigenvalue weighted by Gasteiger charge is -2.30. The number of benzene rings is 2. The van der Waals surface area contributed by atoms with Crippen LogP contribution in [-0.4, -0.2) is 36.8 Å². The lowest BCUT2D eigenvalue weighted by atomic mass is 9.75. The van der Waals surface area contributed by atoms with Crippen LogP contribution < -0.4 is 15.4 Å². The second-order valence-electron chi connectivity index (χ2n) is 9.40. The van der Waals surface area contributed by atoms with Gasteiger partial charge in [0.15, 0.2) is 0 Å². The highest BCUT2D eigenvalue weighted by Crippen LogP contribution is 2.38. The van der Waals surface area contributed by atoms with E-state index in [1.54, 1.807) is 6.07 Å². The van der Waals surface area contributed by atoms with Crippen molar-refractivity contribution in [2.24, 2.45) is 5.92 Å². The van der Waals surface area contributed by atoms with Crippen molar-refractivity contribution in [3.8, 4) is 11.8 Å². The molecule has 6 nitrogen and oxygen atoms in total. The minimum atomic E-state index is -0.850. The normalized spacial score (nSPS) is 24.8. The molecule has 6 heteroatoms. The first kappa shape index (κ1) is 23.3. The summed E-state index contributed by atoms with van der Waals surface area (Å²) in [7, 11) is 1.99. The third kappa shape index (κ3) is 5.93. The molecule has 0 radical (unpaired) electrons. The van der Waals surface area contributed by atoms with E-state index in [9.17, 15) is 15.2 Å². The Morgan fingerprint density at radius 3 is 2.70 bits per heavy atom. The molecule has 0 aromatic heterocycles. The summed E-state index contributed by atoms with van der Waals surface area (Å²) in [5, 5.41) is 24.9. The Labute approximate surface area is 196 Å². The lowest BCUT2D eigenvalue weighted by Crippen LogP contribution is -2.30. The molecule has 1 aliphatic heterocycles. The van der Waals surface area contributed by atoms with Gasteiger partial charge in [-0.15, -0.1) is 0 Å². The van der Waals surface area contributed by atoms with Crippen LogP contribution in [-0.2, 0) is 17.8 Å². The highest BCUT2D eigenvalue weighted by atomic mass is 16.5. The van der Waals surface area contributed by atoms with Gasteiger partial charge in [0.2, 0.25) is 0 Å². The fourth-order valence-corrected chi connectivity index (χ4v) is 5.38. The summed E-state index contributed by atoms with van der Waals surface area (Å²) >= 11 is 0. The summed E-state index contributed by atoms with van der Waals surface area (Å²) in [6, 6.07) is 16.2. The lowest BCUT2D eigenvalue weighted by molar-refractivity contribution is -0.139. The van der Waals surface area contributed by atoms with Gasteiger partial charge in [-0.25, -0.2) is 0 Å². The van der Waals surface area contributed by atoms with E-state index in [1.165, 1.54) is 36.8 Å². The Balaban J connectivity index is 1.37. The van der Waals surface area contributed by atoms with E-state index >= 15 is 0 Å². The first-order valence-electron chi connectivity index (χ1n) is 11.9. The van der Waals surface area contributed by atoms with Gasteiger partial charge in [-0.05, 0) is 85.9 Å². The van der Waals surface area contributed by atoms with Gasteiger partial charge >= 0.3 is 5.97 Å². The van der Waals surface area contributed by atoms with Crippen molar-refractivity contribution in [1.29, 1.82) is 5.26 Å². The van der Waals surface area contributed by atoms with E-state index in [-0.39, 0.29) is 6.10 Å². The zero-order valence-electron chi connectivity index (χ0n) is 19.2. The zero-order chi connectivity index (χ0) is 23.2. The molecule has 1 saturated carbocycles. The quantitative estimate of drug-likeness (QED) is 0.567. The van der Waals surface area contributed by atoms with Crippen molar-refractivity contribution in [3.05, 3.63) is 64.7 Å².